The third-order valence-corrected chi connectivity index (χ3v) is 2.48. The van der Waals surface area contributed by atoms with Crippen LogP contribution >= 0.6 is 0 Å². The summed E-state index contributed by atoms with van der Waals surface area (Å²) in [5.41, 5.74) is 0.467. The van der Waals surface area contributed by atoms with E-state index in [9.17, 15) is 14.4 Å². The molecule has 0 saturated carbocycles. The Kier molecular flexibility index (Phi) is 4.85. The van der Waals surface area contributed by atoms with Gasteiger partial charge < -0.3 is 14.2 Å². The second-order valence-corrected chi connectivity index (χ2v) is 3.68. The van der Waals surface area contributed by atoms with Crippen molar-refractivity contribution >= 4 is 23.6 Å². The van der Waals surface area contributed by atoms with E-state index in [1.807, 2.05) is 0 Å². The Morgan fingerprint density at radius 1 is 1.21 bits per heavy atom. The summed E-state index contributed by atoms with van der Waals surface area (Å²) in [5, 5.41) is 3.66. The Morgan fingerprint density at radius 3 is 2.16 bits per heavy atom. The van der Waals surface area contributed by atoms with Crippen LogP contribution < -0.4 is 5.43 Å². The van der Waals surface area contributed by atoms with E-state index in [-0.39, 0.29) is 25.3 Å². The minimum atomic E-state index is -1.81. The van der Waals surface area contributed by atoms with E-state index >= 15 is 0 Å². The van der Waals surface area contributed by atoms with Gasteiger partial charge in [0, 0.05) is 6.42 Å². The monoisotopic (exact) mass is 272 g/mol. The van der Waals surface area contributed by atoms with E-state index in [1.54, 1.807) is 13.8 Å². The largest absolute Gasteiger partial charge is 0.464 e. The van der Waals surface area contributed by atoms with Crippen molar-refractivity contribution < 1.29 is 28.6 Å². The van der Waals surface area contributed by atoms with Gasteiger partial charge in [-0.25, -0.2) is 14.4 Å². The van der Waals surface area contributed by atoms with Crippen molar-refractivity contribution in [3.05, 3.63) is 0 Å². The molecule has 0 radical (unpaired) electrons. The Balaban J connectivity index is 2.96. The van der Waals surface area contributed by atoms with Gasteiger partial charge >= 0.3 is 17.9 Å². The normalized spacial score (nSPS) is 16.1. The van der Waals surface area contributed by atoms with E-state index in [2.05, 4.69) is 15.3 Å². The van der Waals surface area contributed by atoms with Gasteiger partial charge in [0.2, 0.25) is 0 Å². The maximum absolute atomic E-state index is 11.9. The molecule has 0 spiro atoms. The predicted molar refractivity (Wildman–Crippen MR) is 63.2 cm³/mol. The lowest BCUT2D eigenvalue weighted by Crippen LogP contribution is -2.56. The molecule has 8 nitrogen and oxygen atoms in total. The first-order valence-corrected chi connectivity index (χ1v) is 5.78. The molecule has 1 aliphatic rings. The van der Waals surface area contributed by atoms with E-state index in [0.717, 1.165) is 0 Å². The van der Waals surface area contributed by atoms with Crippen LogP contribution in [0, 0.1) is 0 Å². The van der Waals surface area contributed by atoms with Gasteiger partial charge in [-0.2, -0.15) is 5.10 Å². The van der Waals surface area contributed by atoms with Crippen molar-refractivity contribution in [1.82, 2.24) is 5.43 Å². The average Bonchev–Trinajstić information content (AvgIpc) is 2.85. The molecule has 19 heavy (non-hydrogen) atoms. The Hall–Kier alpha value is -2.12. The summed E-state index contributed by atoms with van der Waals surface area (Å²) in [6.07, 6.45) is -0.267. The molecule has 1 heterocycles. The fourth-order valence-corrected chi connectivity index (χ4v) is 1.56. The highest BCUT2D eigenvalue weighted by atomic mass is 16.6. The molecular weight excluding hydrogens is 256 g/mol. The van der Waals surface area contributed by atoms with E-state index in [1.165, 1.54) is 7.11 Å². The Labute approximate surface area is 110 Å². The molecule has 0 fully saturated rings. The van der Waals surface area contributed by atoms with Crippen LogP contribution in [0.3, 0.4) is 0 Å². The molecule has 0 aromatic rings. The first-order chi connectivity index (χ1) is 9.01. The van der Waals surface area contributed by atoms with Crippen molar-refractivity contribution in [3.8, 4) is 0 Å². The summed E-state index contributed by atoms with van der Waals surface area (Å²) >= 11 is 0. The molecule has 0 aromatic carbocycles. The van der Waals surface area contributed by atoms with Gasteiger partial charge in [0.1, 0.15) is 5.71 Å². The van der Waals surface area contributed by atoms with Gasteiger partial charge in [0.25, 0.3) is 5.54 Å². The topological polar surface area (TPSA) is 103 Å². The number of methoxy groups -OCH3 is 1. The zero-order valence-electron chi connectivity index (χ0n) is 11.0. The number of hydrogen-bond donors (Lipinski definition) is 1. The quantitative estimate of drug-likeness (QED) is 0.404. The lowest BCUT2D eigenvalue weighted by Gasteiger charge is -2.23. The maximum Gasteiger partial charge on any atom is 0.354 e. The number of ether oxygens (including phenoxy) is 3. The summed E-state index contributed by atoms with van der Waals surface area (Å²) in [6.45, 7) is 3.39. The van der Waals surface area contributed by atoms with Crippen LogP contribution in [0.1, 0.15) is 20.3 Å². The summed E-state index contributed by atoms with van der Waals surface area (Å²) in [7, 11) is 1.18. The minimum absolute atomic E-state index is 0.0661. The molecule has 0 bridgehead atoms. The number of rotatable bonds is 5. The van der Waals surface area contributed by atoms with Crippen LogP contribution in [0.4, 0.5) is 0 Å². The van der Waals surface area contributed by atoms with E-state index in [0.29, 0.717) is 0 Å². The van der Waals surface area contributed by atoms with E-state index in [4.69, 9.17) is 9.47 Å². The number of nitrogens with zero attached hydrogens (tertiary/aromatic N) is 1. The Bertz CT molecular complexity index is 399. The zero-order chi connectivity index (χ0) is 14.5. The minimum Gasteiger partial charge on any atom is -0.464 e. The van der Waals surface area contributed by atoms with Gasteiger partial charge in [0.15, 0.2) is 0 Å². The molecule has 1 aliphatic heterocycles. The van der Waals surface area contributed by atoms with Crippen LogP contribution in [-0.4, -0.2) is 49.5 Å². The molecule has 0 saturated heterocycles. The predicted octanol–water partition coefficient (Wildman–Crippen LogP) is -0.626. The summed E-state index contributed by atoms with van der Waals surface area (Å²) in [5.74, 6) is -2.39. The number of esters is 3. The van der Waals surface area contributed by atoms with Crippen molar-refractivity contribution in [2.75, 3.05) is 20.3 Å². The molecule has 8 heteroatoms. The van der Waals surface area contributed by atoms with Crippen LogP contribution in [0.2, 0.25) is 0 Å². The molecule has 0 amide bonds. The standard InChI is InChI=1S/C11H16N2O6/c1-4-18-9(15)11(10(16)19-5-2)6-7(12-13-11)8(14)17-3/h13H,4-6H2,1-3H3. The fourth-order valence-electron chi connectivity index (χ4n) is 1.56. The average molecular weight is 272 g/mol. The highest BCUT2D eigenvalue weighted by molar-refractivity contribution is 6.38. The van der Waals surface area contributed by atoms with Gasteiger partial charge in [-0.1, -0.05) is 0 Å². The number of hydrazone groups is 1. The first-order valence-electron chi connectivity index (χ1n) is 5.78. The van der Waals surface area contributed by atoms with Crippen molar-refractivity contribution in [3.63, 3.8) is 0 Å². The van der Waals surface area contributed by atoms with Crippen LogP contribution in [0.25, 0.3) is 0 Å². The van der Waals surface area contributed by atoms with Crippen LogP contribution in [0.5, 0.6) is 0 Å². The van der Waals surface area contributed by atoms with Gasteiger partial charge in [-0.15, -0.1) is 0 Å². The summed E-state index contributed by atoms with van der Waals surface area (Å²) in [4.78, 5) is 35.2. The highest BCUT2D eigenvalue weighted by Crippen LogP contribution is 2.22. The molecule has 0 aliphatic carbocycles. The van der Waals surface area contributed by atoms with Gasteiger partial charge in [-0.05, 0) is 13.8 Å². The highest BCUT2D eigenvalue weighted by Gasteiger charge is 2.54. The SMILES string of the molecule is CCOC(=O)C1(C(=O)OCC)CC(C(=O)OC)=NN1. The third kappa shape index (κ3) is 2.83. The lowest BCUT2D eigenvalue weighted by atomic mass is 9.94. The first kappa shape index (κ1) is 14.9. The molecule has 1 rings (SSSR count). The number of hydrogen-bond acceptors (Lipinski definition) is 8. The second-order valence-electron chi connectivity index (χ2n) is 3.68. The summed E-state index contributed by atoms with van der Waals surface area (Å²) < 4.78 is 14.2. The second kappa shape index (κ2) is 6.17. The van der Waals surface area contributed by atoms with Gasteiger partial charge in [-0.3, -0.25) is 5.43 Å². The molecule has 0 unspecified atom stereocenters. The summed E-state index contributed by atoms with van der Waals surface area (Å²) in [6, 6.07) is 0. The molecule has 0 atom stereocenters. The zero-order valence-corrected chi connectivity index (χ0v) is 11.0. The third-order valence-electron chi connectivity index (χ3n) is 2.48. The number of nitrogens with one attached hydrogen (secondary N) is 1. The Morgan fingerprint density at radius 2 is 1.74 bits per heavy atom. The number of carbonyl (C=O) groups excluding carboxylic acids is 3. The van der Waals surface area contributed by atoms with Crippen molar-refractivity contribution in [2.45, 2.75) is 25.8 Å². The number of carbonyl (C=O) groups is 3. The smallest absolute Gasteiger partial charge is 0.354 e. The van der Waals surface area contributed by atoms with Crippen molar-refractivity contribution in [2.24, 2.45) is 5.10 Å². The fraction of sp³-hybridized carbons (Fsp3) is 0.636. The maximum atomic E-state index is 11.9. The van der Waals surface area contributed by atoms with E-state index < -0.39 is 23.4 Å². The van der Waals surface area contributed by atoms with Gasteiger partial charge in [0.05, 0.1) is 20.3 Å². The molecule has 106 valence electrons. The molecular formula is C11H16N2O6. The molecule has 1 N–H and O–H groups in total. The van der Waals surface area contributed by atoms with Crippen molar-refractivity contribution in [1.29, 1.82) is 0 Å². The van der Waals surface area contributed by atoms with Crippen LogP contribution in [0.15, 0.2) is 5.10 Å². The molecule has 0 aromatic heterocycles. The lowest BCUT2D eigenvalue weighted by molar-refractivity contribution is -0.165. The van der Waals surface area contributed by atoms with Crippen LogP contribution in [-0.2, 0) is 28.6 Å².